The molecule has 0 aliphatic heterocycles. The van der Waals surface area contributed by atoms with Crippen LogP contribution in [-0.4, -0.2) is 26.6 Å². The quantitative estimate of drug-likeness (QED) is 0.627. The number of halogens is 1. The van der Waals surface area contributed by atoms with E-state index in [9.17, 15) is 4.79 Å². The minimum atomic E-state index is -0.231. The molecule has 2 aromatic rings. The molecule has 0 spiro atoms. The number of para-hydroxylation sites is 2. The van der Waals surface area contributed by atoms with Crippen molar-refractivity contribution in [3.05, 3.63) is 46.4 Å². The molecular weight excluding hydrogens is 350 g/mol. The molecule has 2 rings (SSSR count). The molecule has 0 atom stereocenters. The fraction of sp³-hybridized carbons (Fsp3) is 0.188. The maximum Gasteiger partial charge on any atom is 0.204 e. The monoisotopic (exact) mass is 365 g/mol. The Kier molecular flexibility index (Phi) is 5.27. The summed E-state index contributed by atoms with van der Waals surface area (Å²) in [4.78, 5) is 12.4. The third-order valence-corrected chi connectivity index (χ3v) is 3.67. The molecule has 0 fully saturated rings. The summed E-state index contributed by atoms with van der Waals surface area (Å²) in [5.41, 5.74) is 6.65. The van der Waals surface area contributed by atoms with Crippen molar-refractivity contribution in [2.75, 3.05) is 26.6 Å². The summed E-state index contributed by atoms with van der Waals surface area (Å²) in [5.74, 6) is 1.23. The Bertz CT molecular complexity index is 688. The van der Waals surface area contributed by atoms with E-state index in [1.54, 1.807) is 36.4 Å². The number of nitrogens with two attached hydrogens (primary N) is 1. The van der Waals surface area contributed by atoms with Crippen molar-refractivity contribution in [2.45, 2.75) is 0 Å². The number of benzene rings is 2. The van der Waals surface area contributed by atoms with Crippen LogP contribution in [0.1, 0.15) is 10.4 Å². The van der Waals surface area contributed by atoms with E-state index in [0.29, 0.717) is 33.0 Å². The van der Waals surface area contributed by atoms with Gasteiger partial charge >= 0.3 is 0 Å². The Morgan fingerprint density at radius 2 is 1.77 bits per heavy atom. The molecule has 6 heteroatoms. The summed E-state index contributed by atoms with van der Waals surface area (Å²) >= 11 is 3.35. The Balaban J connectivity index is 2.20. The predicted octanol–water partition coefficient (Wildman–Crippen LogP) is 3.31. The number of ketones is 1. The van der Waals surface area contributed by atoms with E-state index in [1.807, 2.05) is 0 Å². The zero-order valence-corrected chi connectivity index (χ0v) is 13.8. The van der Waals surface area contributed by atoms with Gasteiger partial charge in [-0.2, -0.15) is 0 Å². The van der Waals surface area contributed by atoms with Gasteiger partial charge in [0.15, 0.2) is 6.61 Å². The zero-order chi connectivity index (χ0) is 16.1. The number of ether oxygens (including phenoxy) is 3. The summed E-state index contributed by atoms with van der Waals surface area (Å²) in [6.45, 7) is -0.143. The molecule has 2 N–H and O–H groups in total. The fourth-order valence-electron chi connectivity index (χ4n) is 1.91. The lowest BCUT2D eigenvalue weighted by Gasteiger charge is -2.12. The molecule has 2 aromatic carbocycles. The minimum Gasteiger partial charge on any atom is -0.496 e. The smallest absolute Gasteiger partial charge is 0.204 e. The molecule has 0 unspecified atom stereocenters. The number of rotatable bonds is 6. The minimum absolute atomic E-state index is 0.143. The molecule has 0 bridgehead atoms. The molecule has 0 radical (unpaired) electrons. The second-order valence-electron chi connectivity index (χ2n) is 4.44. The van der Waals surface area contributed by atoms with Crippen molar-refractivity contribution in [1.82, 2.24) is 0 Å². The average molecular weight is 366 g/mol. The largest absolute Gasteiger partial charge is 0.496 e. The molecule has 22 heavy (non-hydrogen) atoms. The van der Waals surface area contributed by atoms with Gasteiger partial charge in [-0.05, 0) is 40.2 Å². The normalized spacial score (nSPS) is 10.1. The molecule has 0 aliphatic carbocycles. The van der Waals surface area contributed by atoms with Crippen LogP contribution in [0.15, 0.2) is 40.9 Å². The van der Waals surface area contributed by atoms with Gasteiger partial charge in [-0.25, -0.2) is 0 Å². The maximum atomic E-state index is 12.4. The van der Waals surface area contributed by atoms with Crippen LogP contribution in [0.3, 0.4) is 0 Å². The van der Waals surface area contributed by atoms with E-state index in [1.165, 1.54) is 14.2 Å². The Morgan fingerprint density at radius 3 is 2.41 bits per heavy atom. The second kappa shape index (κ2) is 7.17. The van der Waals surface area contributed by atoms with Crippen LogP contribution in [0.2, 0.25) is 0 Å². The lowest BCUT2D eigenvalue weighted by Crippen LogP contribution is -2.13. The highest BCUT2D eigenvalue weighted by Gasteiger charge is 2.17. The molecule has 0 heterocycles. The molecule has 0 aliphatic rings. The van der Waals surface area contributed by atoms with Crippen LogP contribution in [0.4, 0.5) is 5.69 Å². The first kappa shape index (κ1) is 16.2. The highest BCUT2D eigenvalue weighted by molar-refractivity contribution is 9.10. The fourth-order valence-corrected chi connectivity index (χ4v) is 2.40. The number of nitrogen functional groups attached to an aromatic ring is 1. The summed E-state index contributed by atoms with van der Waals surface area (Å²) in [5, 5.41) is 0. The molecule has 0 saturated heterocycles. The second-order valence-corrected chi connectivity index (χ2v) is 5.29. The summed E-state index contributed by atoms with van der Waals surface area (Å²) in [6, 6.07) is 10.3. The number of anilines is 1. The summed E-state index contributed by atoms with van der Waals surface area (Å²) in [7, 11) is 3.03. The molecule has 0 aromatic heterocycles. The van der Waals surface area contributed by atoms with Crippen molar-refractivity contribution in [2.24, 2.45) is 0 Å². The first-order chi connectivity index (χ1) is 10.6. The Hall–Kier alpha value is -2.21. The molecule has 5 nitrogen and oxygen atoms in total. The first-order valence-electron chi connectivity index (χ1n) is 6.48. The zero-order valence-electron chi connectivity index (χ0n) is 12.3. The van der Waals surface area contributed by atoms with Gasteiger partial charge in [0.2, 0.25) is 5.78 Å². The Morgan fingerprint density at radius 1 is 1.09 bits per heavy atom. The lowest BCUT2D eigenvalue weighted by atomic mass is 10.1. The number of carbonyl (C=O) groups excluding carboxylic acids is 1. The third kappa shape index (κ3) is 3.51. The number of hydrogen-bond donors (Lipinski definition) is 1. The highest BCUT2D eigenvalue weighted by atomic mass is 79.9. The number of carbonyl (C=O) groups is 1. The first-order valence-corrected chi connectivity index (χ1v) is 7.28. The summed E-state index contributed by atoms with van der Waals surface area (Å²) in [6.07, 6.45) is 0. The molecule has 0 saturated carbocycles. The summed E-state index contributed by atoms with van der Waals surface area (Å²) < 4.78 is 16.6. The van der Waals surface area contributed by atoms with E-state index in [4.69, 9.17) is 19.9 Å². The Labute approximate surface area is 137 Å². The van der Waals surface area contributed by atoms with Gasteiger partial charge in [0.05, 0.1) is 29.9 Å². The number of hydrogen-bond acceptors (Lipinski definition) is 5. The van der Waals surface area contributed by atoms with E-state index in [2.05, 4.69) is 15.9 Å². The third-order valence-electron chi connectivity index (χ3n) is 3.05. The van der Waals surface area contributed by atoms with E-state index < -0.39 is 0 Å². The van der Waals surface area contributed by atoms with Crippen LogP contribution >= 0.6 is 15.9 Å². The average Bonchev–Trinajstić information content (AvgIpc) is 2.53. The van der Waals surface area contributed by atoms with Gasteiger partial charge in [0.1, 0.15) is 17.2 Å². The van der Waals surface area contributed by atoms with Crippen molar-refractivity contribution in [3.63, 3.8) is 0 Å². The van der Waals surface area contributed by atoms with Crippen LogP contribution in [0, 0.1) is 0 Å². The number of methoxy groups -OCH3 is 2. The van der Waals surface area contributed by atoms with Gasteiger partial charge in [-0.1, -0.05) is 12.1 Å². The SMILES string of the molecule is COc1cc(C(=O)COc2ccccc2N)c(OC)cc1Br. The topological polar surface area (TPSA) is 70.8 Å². The van der Waals surface area contributed by atoms with E-state index in [-0.39, 0.29) is 12.4 Å². The molecule has 0 amide bonds. The van der Waals surface area contributed by atoms with Crippen LogP contribution in [0.5, 0.6) is 17.2 Å². The highest BCUT2D eigenvalue weighted by Crippen LogP contribution is 2.33. The van der Waals surface area contributed by atoms with Gasteiger partial charge in [-0.3, -0.25) is 4.79 Å². The van der Waals surface area contributed by atoms with Gasteiger partial charge in [-0.15, -0.1) is 0 Å². The maximum absolute atomic E-state index is 12.4. The van der Waals surface area contributed by atoms with E-state index >= 15 is 0 Å². The van der Waals surface area contributed by atoms with Gasteiger partial charge < -0.3 is 19.9 Å². The van der Waals surface area contributed by atoms with Gasteiger partial charge in [0, 0.05) is 0 Å². The standard InChI is InChI=1S/C16H16BrNO4/c1-20-15-8-11(17)16(21-2)7-10(15)13(19)9-22-14-6-4-3-5-12(14)18/h3-8H,9,18H2,1-2H3. The van der Waals surface area contributed by atoms with Crippen LogP contribution < -0.4 is 19.9 Å². The van der Waals surface area contributed by atoms with Crippen molar-refractivity contribution < 1.29 is 19.0 Å². The molecular formula is C16H16BrNO4. The van der Waals surface area contributed by atoms with Gasteiger partial charge in [0.25, 0.3) is 0 Å². The van der Waals surface area contributed by atoms with E-state index in [0.717, 1.165) is 0 Å². The van der Waals surface area contributed by atoms with Crippen LogP contribution in [-0.2, 0) is 0 Å². The van der Waals surface area contributed by atoms with Crippen molar-refractivity contribution >= 4 is 27.4 Å². The molecule has 116 valence electrons. The van der Waals surface area contributed by atoms with Crippen molar-refractivity contribution in [1.29, 1.82) is 0 Å². The number of Topliss-reactive ketones (excluding diaryl/α,β-unsaturated/α-hetero) is 1. The van der Waals surface area contributed by atoms with Crippen LogP contribution in [0.25, 0.3) is 0 Å². The predicted molar refractivity (Wildman–Crippen MR) is 87.9 cm³/mol. The lowest BCUT2D eigenvalue weighted by molar-refractivity contribution is 0.0918. The van der Waals surface area contributed by atoms with Crippen molar-refractivity contribution in [3.8, 4) is 17.2 Å².